The van der Waals surface area contributed by atoms with E-state index < -0.39 is 12.6 Å². The summed E-state index contributed by atoms with van der Waals surface area (Å²) < 4.78 is 38.6. The van der Waals surface area contributed by atoms with E-state index in [-0.39, 0.29) is 6.54 Å². The van der Waals surface area contributed by atoms with Crippen LogP contribution in [0.5, 0.6) is 0 Å². The Balaban J connectivity index is 2.81. The fraction of sp³-hybridized carbons (Fsp3) is 0.769. The maximum atomic E-state index is 12.3. The van der Waals surface area contributed by atoms with Crippen LogP contribution in [-0.4, -0.2) is 36.1 Å². The molecule has 0 aliphatic carbocycles. The van der Waals surface area contributed by atoms with Crippen LogP contribution in [0.25, 0.3) is 0 Å². The summed E-state index contributed by atoms with van der Waals surface area (Å²) >= 11 is 0. The molecule has 0 amide bonds. The van der Waals surface area contributed by atoms with Gasteiger partial charge < -0.3 is 10.2 Å². The lowest BCUT2D eigenvalue weighted by Gasteiger charge is -2.22. The third-order valence-corrected chi connectivity index (χ3v) is 3.13. The molecule has 0 aromatic carbocycles. The Hall–Kier alpha value is -1.24. The van der Waals surface area contributed by atoms with E-state index >= 15 is 0 Å². The molecule has 20 heavy (non-hydrogen) atoms. The standard InChI is InChI=1S/C13H23F3N4/c1-5-7-17-9-11-10(2)18-20(4)12(11)19(3)8-6-13(14,15)16/h17H,5-9H2,1-4H3. The fourth-order valence-electron chi connectivity index (χ4n) is 2.16. The molecule has 0 unspecified atom stereocenters. The van der Waals surface area contributed by atoms with E-state index in [1.54, 1.807) is 23.7 Å². The number of hydrogen-bond acceptors (Lipinski definition) is 3. The zero-order valence-electron chi connectivity index (χ0n) is 12.5. The number of aromatic nitrogens is 2. The zero-order valence-corrected chi connectivity index (χ0v) is 12.5. The minimum Gasteiger partial charge on any atom is -0.359 e. The highest BCUT2D eigenvalue weighted by molar-refractivity contribution is 5.49. The van der Waals surface area contributed by atoms with Crippen LogP contribution in [0.1, 0.15) is 31.0 Å². The minimum atomic E-state index is -4.14. The van der Waals surface area contributed by atoms with Gasteiger partial charge in [-0.15, -0.1) is 0 Å². The lowest BCUT2D eigenvalue weighted by Crippen LogP contribution is -2.27. The van der Waals surface area contributed by atoms with Gasteiger partial charge >= 0.3 is 6.18 Å². The number of aryl methyl sites for hydroxylation is 2. The number of anilines is 1. The first-order chi connectivity index (χ1) is 9.26. The molecular weight excluding hydrogens is 269 g/mol. The summed E-state index contributed by atoms with van der Waals surface area (Å²) in [6, 6.07) is 0. The van der Waals surface area contributed by atoms with Gasteiger partial charge in [0.15, 0.2) is 0 Å². The number of nitrogens with one attached hydrogen (secondary N) is 1. The predicted molar refractivity (Wildman–Crippen MR) is 73.9 cm³/mol. The molecule has 1 heterocycles. The number of nitrogens with zero attached hydrogens (tertiary/aromatic N) is 3. The lowest BCUT2D eigenvalue weighted by atomic mass is 10.2. The smallest absolute Gasteiger partial charge is 0.359 e. The third-order valence-electron chi connectivity index (χ3n) is 3.13. The Labute approximate surface area is 117 Å². The van der Waals surface area contributed by atoms with Crippen molar-refractivity contribution in [3.63, 3.8) is 0 Å². The molecule has 1 N–H and O–H groups in total. The van der Waals surface area contributed by atoms with E-state index in [2.05, 4.69) is 17.3 Å². The Morgan fingerprint density at radius 2 is 2.00 bits per heavy atom. The van der Waals surface area contributed by atoms with E-state index in [1.807, 2.05) is 6.92 Å². The average Bonchev–Trinajstić information content (AvgIpc) is 2.61. The molecule has 7 heteroatoms. The van der Waals surface area contributed by atoms with Crippen molar-refractivity contribution in [2.75, 3.05) is 25.0 Å². The quantitative estimate of drug-likeness (QED) is 0.784. The molecule has 1 aromatic rings. The summed E-state index contributed by atoms with van der Waals surface area (Å²) in [5, 5.41) is 7.58. The molecule has 0 radical (unpaired) electrons. The van der Waals surface area contributed by atoms with Crippen LogP contribution in [0, 0.1) is 6.92 Å². The van der Waals surface area contributed by atoms with E-state index in [0.29, 0.717) is 6.54 Å². The summed E-state index contributed by atoms with van der Waals surface area (Å²) in [5.74, 6) is 0.746. The summed E-state index contributed by atoms with van der Waals surface area (Å²) in [6.45, 7) is 5.38. The van der Waals surface area contributed by atoms with Crippen LogP contribution in [0.3, 0.4) is 0 Å². The Bertz CT molecular complexity index is 426. The summed E-state index contributed by atoms with van der Waals surface area (Å²) in [5.41, 5.74) is 1.82. The topological polar surface area (TPSA) is 33.1 Å². The van der Waals surface area contributed by atoms with Gasteiger partial charge in [-0.05, 0) is 19.9 Å². The van der Waals surface area contributed by atoms with Crippen molar-refractivity contribution in [3.05, 3.63) is 11.3 Å². The summed E-state index contributed by atoms with van der Waals surface area (Å²) in [4.78, 5) is 1.62. The van der Waals surface area contributed by atoms with Crippen molar-refractivity contribution < 1.29 is 13.2 Å². The molecule has 0 saturated heterocycles. The third kappa shape index (κ3) is 4.70. The van der Waals surface area contributed by atoms with Crippen molar-refractivity contribution in [2.45, 2.75) is 39.4 Å². The Morgan fingerprint density at radius 1 is 1.35 bits per heavy atom. The maximum Gasteiger partial charge on any atom is 0.390 e. The van der Waals surface area contributed by atoms with Crippen molar-refractivity contribution in [1.29, 1.82) is 0 Å². The van der Waals surface area contributed by atoms with Crippen LogP contribution < -0.4 is 10.2 Å². The van der Waals surface area contributed by atoms with E-state index in [1.165, 1.54) is 0 Å². The first-order valence-electron chi connectivity index (χ1n) is 6.77. The molecule has 0 bridgehead atoms. The number of rotatable bonds is 7. The summed E-state index contributed by atoms with van der Waals surface area (Å²) in [7, 11) is 3.43. The lowest BCUT2D eigenvalue weighted by molar-refractivity contribution is -0.132. The van der Waals surface area contributed by atoms with Gasteiger partial charge in [0.05, 0.1) is 12.1 Å². The molecule has 4 nitrogen and oxygen atoms in total. The normalized spacial score (nSPS) is 11.9. The van der Waals surface area contributed by atoms with Gasteiger partial charge in [-0.3, -0.25) is 4.68 Å². The van der Waals surface area contributed by atoms with Gasteiger partial charge in [0.2, 0.25) is 0 Å². The Kier molecular flexibility index (Phi) is 5.86. The van der Waals surface area contributed by atoms with E-state index in [0.717, 1.165) is 30.0 Å². The van der Waals surface area contributed by atoms with Gasteiger partial charge in [-0.1, -0.05) is 6.92 Å². The SMILES string of the molecule is CCCNCc1c(C)nn(C)c1N(C)CCC(F)(F)F. The molecule has 1 rings (SSSR count). The molecule has 1 aromatic heterocycles. The van der Waals surface area contributed by atoms with Gasteiger partial charge in [-0.2, -0.15) is 18.3 Å². The van der Waals surface area contributed by atoms with E-state index in [4.69, 9.17) is 0 Å². The van der Waals surface area contributed by atoms with Crippen LogP contribution in [-0.2, 0) is 13.6 Å². The molecule has 0 aliphatic rings. The molecule has 116 valence electrons. The monoisotopic (exact) mass is 292 g/mol. The number of halogens is 3. The maximum absolute atomic E-state index is 12.3. The largest absolute Gasteiger partial charge is 0.390 e. The highest BCUT2D eigenvalue weighted by Crippen LogP contribution is 2.25. The van der Waals surface area contributed by atoms with Crippen LogP contribution in [0.15, 0.2) is 0 Å². The highest BCUT2D eigenvalue weighted by Gasteiger charge is 2.28. The second-order valence-corrected chi connectivity index (χ2v) is 4.97. The van der Waals surface area contributed by atoms with Gasteiger partial charge in [0.1, 0.15) is 5.82 Å². The van der Waals surface area contributed by atoms with Crippen LogP contribution in [0.4, 0.5) is 19.0 Å². The summed E-state index contributed by atoms with van der Waals surface area (Å²) in [6.07, 6.45) is -3.95. The van der Waals surface area contributed by atoms with Gasteiger partial charge in [-0.25, -0.2) is 0 Å². The zero-order chi connectivity index (χ0) is 15.3. The van der Waals surface area contributed by atoms with Crippen molar-refractivity contribution in [1.82, 2.24) is 15.1 Å². The average molecular weight is 292 g/mol. The van der Waals surface area contributed by atoms with Gasteiger partial charge in [0.25, 0.3) is 0 Å². The number of alkyl halides is 3. The molecular formula is C13H23F3N4. The molecule has 0 fully saturated rings. The number of hydrogen-bond donors (Lipinski definition) is 1. The fourth-order valence-corrected chi connectivity index (χ4v) is 2.16. The minimum absolute atomic E-state index is 0.0662. The molecule has 0 saturated carbocycles. The van der Waals surface area contributed by atoms with E-state index in [9.17, 15) is 13.2 Å². The second kappa shape index (κ2) is 6.97. The molecule has 0 aliphatic heterocycles. The predicted octanol–water partition coefficient (Wildman–Crippen LogP) is 2.62. The van der Waals surface area contributed by atoms with Crippen LogP contribution in [0.2, 0.25) is 0 Å². The first-order valence-corrected chi connectivity index (χ1v) is 6.77. The molecule has 0 atom stereocenters. The van der Waals surface area contributed by atoms with Crippen molar-refractivity contribution in [2.24, 2.45) is 7.05 Å². The first kappa shape index (κ1) is 16.8. The van der Waals surface area contributed by atoms with Crippen molar-refractivity contribution in [3.8, 4) is 0 Å². The van der Waals surface area contributed by atoms with Crippen molar-refractivity contribution >= 4 is 5.82 Å². The van der Waals surface area contributed by atoms with Crippen LogP contribution >= 0.6 is 0 Å². The van der Waals surface area contributed by atoms with Gasteiger partial charge in [0, 0.05) is 32.7 Å². The highest BCUT2D eigenvalue weighted by atomic mass is 19.4. The molecule has 0 spiro atoms. The Morgan fingerprint density at radius 3 is 2.55 bits per heavy atom. The second-order valence-electron chi connectivity index (χ2n) is 4.97.